The topological polar surface area (TPSA) is 46.6 Å². The van der Waals surface area contributed by atoms with Crippen LogP contribution in [0.3, 0.4) is 0 Å². The molecule has 1 saturated heterocycles. The van der Waals surface area contributed by atoms with Gasteiger partial charge in [-0.2, -0.15) is 0 Å². The summed E-state index contributed by atoms with van der Waals surface area (Å²) in [4.78, 5) is 26.7. The van der Waals surface area contributed by atoms with Crippen LogP contribution in [0.25, 0.3) is 0 Å². The van der Waals surface area contributed by atoms with Crippen molar-refractivity contribution >= 4 is 11.9 Å². The van der Waals surface area contributed by atoms with E-state index in [2.05, 4.69) is 13.8 Å². The lowest BCUT2D eigenvalue weighted by Crippen LogP contribution is -2.41. The van der Waals surface area contributed by atoms with Crippen LogP contribution in [0.15, 0.2) is 0 Å². The fourth-order valence-corrected chi connectivity index (χ4v) is 3.51. The van der Waals surface area contributed by atoms with E-state index < -0.39 is 5.97 Å². The molecule has 1 aromatic rings. The van der Waals surface area contributed by atoms with E-state index in [1.165, 1.54) is 5.56 Å². The molecule has 1 atom stereocenters. The number of rotatable bonds is 3. The minimum atomic E-state index is -0.394. The lowest BCUT2D eigenvalue weighted by molar-refractivity contribution is -0.136. The molecular formula is C20H29NO3. The normalized spacial score (nSPS) is 17.8. The van der Waals surface area contributed by atoms with E-state index in [0.29, 0.717) is 11.5 Å². The summed E-state index contributed by atoms with van der Waals surface area (Å²) in [5, 5.41) is 0. The molecular weight excluding hydrogens is 302 g/mol. The van der Waals surface area contributed by atoms with Gasteiger partial charge in [-0.25, -0.2) is 4.79 Å². The first kappa shape index (κ1) is 18.5. The zero-order valence-corrected chi connectivity index (χ0v) is 15.8. The molecule has 1 heterocycles. The van der Waals surface area contributed by atoms with Crippen molar-refractivity contribution < 1.29 is 14.3 Å². The Morgan fingerprint density at radius 3 is 2.08 bits per heavy atom. The Morgan fingerprint density at radius 2 is 1.54 bits per heavy atom. The van der Waals surface area contributed by atoms with E-state index in [9.17, 15) is 9.59 Å². The zero-order chi connectivity index (χ0) is 18.0. The molecule has 4 heteroatoms. The minimum absolute atomic E-state index is 0.0919. The maximum atomic E-state index is 12.6. The van der Waals surface area contributed by atoms with Crippen molar-refractivity contribution in [2.45, 2.75) is 54.4 Å². The molecule has 0 aromatic heterocycles. The number of amides is 1. The van der Waals surface area contributed by atoms with Crippen LogP contribution in [0.5, 0.6) is 0 Å². The van der Waals surface area contributed by atoms with Gasteiger partial charge in [-0.15, -0.1) is 0 Å². The SMILES string of the molecule is Cc1c(C)c(C)c(C(=O)OCC(=O)N2CCC[C@H](C)C2)c(C)c1C. The predicted octanol–water partition coefficient (Wildman–Crippen LogP) is 3.64. The molecule has 1 fully saturated rings. The van der Waals surface area contributed by atoms with Gasteiger partial charge in [0.1, 0.15) is 0 Å². The van der Waals surface area contributed by atoms with Gasteiger partial charge in [0.15, 0.2) is 6.61 Å². The van der Waals surface area contributed by atoms with Gasteiger partial charge in [-0.1, -0.05) is 6.92 Å². The van der Waals surface area contributed by atoms with E-state index in [-0.39, 0.29) is 12.5 Å². The second kappa shape index (κ2) is 7.37. The molecule has 0 N–H and O–H groups in total. The summed E-state index contributed by atoms with van der Waals surface area (Å²) in [5.41, 5.74) is 5.93. The summed E-state index contributed by atoms with van der Waals surface area (Å²) < 4.78 is 5.36. The first-order chi connectivity index (χ1) is 11.2. The van der Waals surface area contributed by atoms with E-state index in [1.54, 1.807) is 0 Å². The van der Waals surface area contributed by atoms with Gasteiger partial charge in [0, 0.05) is 13.1 Å². The van der Waals surface area contributed by atoms with Crippen LogP contribution in [0.2, 0.25) is 0 Å². The Labute approximate surface area is 145 Å². The smallest absolute Gasteiger partial charge is 0.339 e. The number of likely N-dealkylation sites (tertiary alicyclic amines) is 1. The third kappa shape index (κ3) is 3.63. The van der Waals surface area contributed by atoms with E-state index in [4.69, 9.17) is 4.74 Å². The van der Waals surface area contributed by atoms with Crippen molar-refractivity contribution in [3.8, 4) is 0 Å². The molecule has 0 spiro atoms. The summed E-state index contributed by atoms with van der Waals surface area (Å²) in [6.45, 7) is 13.5. The van der Waals surface area contributed by atoms with Gasteiger partial charge in [0.05, 0.1) is 5.56 Å². The Morgan fingerprint density at radius 1 is 1.00 bits per heavy atom. The molecule has 0 bridgehead atoms. The molecule has 0 aliphatic carbocycles. The standard InChI is InChI=1S/C20H29NO3/c1-12-8-7-9-21(10-12)18(22)11-24-20(23)19-16(5)14(3)13(2)15(4)17(19)6/h12H,7-11H2,1-6H3/t12-/m0/s1. The van der Waals surface area contributed by atoms with Crippen LogP contribution in [-0.4, -0.2) is 36.5 Å². The highest BCUT2D eigenvalue weighted by molar-refractivity contribution is 5.95. The molecule has 1 aliphatic heterocycles. The Hall–Kier alpha value is -1.84. The molecule has 2 rings (SSSR count). The quantitative estimate of drug-likeness (QED) is 0.794. The monoisotopic (exact) mass is 331 g/mol. The molecule has 132 valence electrons. The maximum absolute atomic E-state index is 12.6. The van der Waals surface area contributed by atoms with Crippen molar-refractivity contribution in [2.24, 2.45) is 5.92 Å². The number of nitrogens with zero attached hydrogens (tertiary/aromatic N) is 1. The summed E-state index contributed by atoms with van der Waals surface area (Å²) >= 11 is 0. The molecule has 1 aliphatic rings. The highest BCUT2D eigenvalue weighted by Crippen LogP contribution is 2.26. The average molecular weight is 331 g/mol. The number of ether oxygens (including phenoxy) is 1. The Kier molecular flexibility index (Phi) is 5.68. The summed E-state index contributed by atoms with van der Waals surface area (Å²) in [6.07, 6.45) is 2.18. The van der Waals surface area contributed by atoms with Gasteiger partial charge in [-0.3, -0.25) is 4.79 Å². The number of esters is 1. The molecule has 1 amide bonds. The van der Waals surface area contributed by atoms with Gasteiger partial charge < -0.3 is 9.64 Å². The second-order valence-electron chi connectivity index (χ2n) is 7.16. The largest absolute Gasteiger partial charge is 0.452 e. The van der Waals surface area contributed by atoms with Gasteiger partial charge >= 0.3 is 5.97 Å². The zero-order valence-electron chi connectivity index (χ0n) is 15.8. The molecule has 0 radical (unpaired) electrons. The van der Waals surface area contributed by atoms with Gasteiger partial charge in [0.25, 0.3) is 5.91 Å². The molecule has 24 heavy (non-hydrogen) atoms. The lowest BCUT2D eigenvalue weighted by atomic mass is 9.90. The second-order valence-corrected chi connectivity index (χ2v) is 7.16. The molecule has 4 nitrogen and oxygen atoms in total. The van der Waals surface area contributed by atoms with Crippen LogP contribution in [-0.2, 0) is 9.53 Å². The summed E-state index contributed by atoms with van der Waals surface area (Å²) in [7, 11) is 0. The Balaban J connectivity index is 2.09. The molecule has 1 aromatic carbocycles. The van der Waals surface area contributed by atoms with Crippen molar-refractivity contribution in [1.29, 1.82) is 0 Å². The number of carbonyl (C=O) groups is 2. The third-order valence-electron chi connectivity index (χ3n) is 5.54. The van der Waals surface area contributed by atoms with Crippen molar-refractivity contribution in [3.05, 3.63) is 33.4 Å². The number of piperidine rings is 1. The number of hydrogen-bond acceptors (Lipinski definition) is 3. The first-order valence-electron chi connectivity index (χ1n) is 8.75. The summed E-state index contributed by atoms with van der Waals surface area (Å²) in [6, 6.07) is 0. The van der Waals surface area contributed by atoms with Crippen LogP contribution >= 0.6 is 0 Å². The third-order valence-corrected chi connectivity index (χ3v) is 5.54. The fourth-order valence-electron chi connectivity index (χ4n) is 3.51. The Bertz CT molecular complexity index is 634. The summed E-state index contributed by atoms with van der Waals surface area (Å²) in [5.74, 6) is 0.0330. The van der Waals surface area contributed by atoms with Gasteiger partial charge in [0.2, 0.25) is 0 Å². The van der Waals surface area contributed by atoms with E-state index >= 15 is 0 Å². The number of hydrogen-bond donors (Lipinski definition) is 0. The first-order valence-corrected chi connectivity index (χ1v) is 8.75. The van der Waals surface area contributed by atoms with Gasteiger partial charge in [-0.05, 0) is 81.2 Å². The average Bonchev–Trinajstić information content (AvgIpc) is 2.56. The lowest BCUT2D eigenvalue weighted by Gasteiger charge is -2.30. The molecule has 0 saturated carbocycles. The van der Waals surface area contributed by atoms with Crippen LogP contribution in [0, 0.1) is 40.5 Å². The van der Waals surface area contributed by atoms with Crippen molar-refractivity contribution in [1.82, 2.24) is 4.90 Å². The maximum Gasteiger partial charge on any atom is 0.339 e. The van der Waals surface area contributed by atoms with Crippen molar-refractivity contribution in [3.63, 3.8) is 0 Å². The number of benzene rings is 1. The number of carbonyl (C=O) groups excluding carboxylic acids is 2. The van der Waals surface area contributed by atoms with Crippen molar-refractivity contribution in [2.75, 3.05) is 19.7 Å². The predicted molar refractivity (Wildman–Crippen MR) is 95.4 cm³/mol. The fraction of sp³-hybridized carbons (Fsp3) is 0.600. The minimum Gasteiger partial charge on any atom is -0.452 e. The van der Waals surface area contributed by atoms with E-state index in [1.807, 2.05) is 32.6 Å². The highest BCUT2D eigenvalue weighted by atomic mass is 16.5. The van der Waals surface area contributed by atoms with Crippen LogP contribution in [0.4, 0.5) is 0 Å². The highest BCUT2D eigenvalue weighted by Gasteiger charge is 2.24. The van der Waals surface area contributed by atoms with E-state index in [0.717, 1.165) is 48.2 Å². The van der Waals surface area contributed by atoms with Crippen LogP contribution in [0.1, 0.15) is 57.9 Å². The molecule has 0 unspecified atom stereocenters. The van der Waals surface area contributed by atoms with Crippen LogP contribution < -0.4 is 0 Å².